The summed E-state index contributed by atoms with van der Waals surface area (Å²) < 4.78 is 39.3. The molecule has 0 atom stereocenters. The molecule has 0 saturated heterocycles. The monoisotopic (exact) mass is 292 g/mol. The van der Waals surface area contributed by atoms with Crippen molar-refractivity contribution in [3.05, 3.63) is 71.7 Å². The van der Waals surface area contributed by atoms with Gasteiger partial charge in [0, 0.05) is 17.8 Å². The molecule has 0 bridgehead atoms. The Kier molecular flexibility index (Phi) is 4.61. The Bertz CT molecular complexity index is 686. The van der Waals surface area contributed by atoms with Gasteiger partial charge in [-0.1, -0.05) is 18.2 Å². The number of urea groups is 1. The molecule has 108 valence electrons. The van der Waals surface area contributed by atoms with Gasteiger partial charge >= 0.3 is 6.03 Å². The Balaban J connectivity index is 1.95. The van der Waals surface area contributed by atoms with Crippen molar-refractivity contribution in [2.24, 2.45) is 0 Å². The summed E-state index contributed by atoms with van der Waals surface area (Å²) in [5.74, 6) is -2.05. The average Bonchev–Trinajstić information content (AvgIpc) is 2.44. The minimum atomic E-state index is -0.886. The summed E-state index contributed by atoms with van der Waals surface area (Å²) in [7, 11) is 0. The number of benzene rings is 2. The van der Waals surface area contributed by atoms with Gasteiger partial charge in [-0.25, -0.2) is 18.0 Å². The minimum absolute atomic E-state index is 0.159. The van der Waals surface area contributed by atoms with E-state index in [1.807, 2.05) is 0 Å². The molecule has 6 heteroatoms. The van der Waals surface area contributed by atoms with Gasteiger partial charge in [-0.3, -0.25) is 0 Å². The van der Waals surface area contributed by atoms with Gasteiger partial charge < -0.3 is 10.6 Å². The van der Waals surface area contributed by atoms with E-state index < -0.39 is 23.5 Å². The molecule has 2 amide bonds. The first kappa shape index (κ1) is 14.6. The van der Waals surface area contributed by atoms with E-state index >= 15 is 0 Å². The van der Waals surface area contributed by atoms with Crippen molar-refractivity contribution in [2.75, 3.05) is 5.32 Å². The summed E-state index contributed by atoms with van der Waals surface area (Å²) in [5, 5.41) is 4.49. The molecule has 0 unspecified atom stereocenters. The van der Waals surface area contributed by atoms with Crippen molar-refractivity contribution in [2.45, 2.75) is 0 Å². The zero-order valence-corrected chi connectivity index (χ0v) is 10.7. The first-order chi connectivity index (χ1) is 10.1. The molecule has 3 nitrogen and oxygen atoms in total. The largest absolute Gasteiger partial charge is 0.323 e. The topological polar surface area (TPSA) is 41.1 Å². The number of rotatable bonds is 3. The maximum Gasteiger partial charge on any atom is 0.323 e. The maximum atomic E-state index is 13.3. The molecule has 21 heavy (non-hydrogen) atoms. The van der Waals surface area contributed by atoms with Gasteiger partial charge in [-0.2, -0.15) is 0 Å². The van der Waals surface area contributed by atoms with Crippen LogP contribution in [-0.2, 0) is 0 Å². The van der Waals surface area contributed by atoms with E-state index in [4.69, 9.17) is 0 Å². The van der Waals surface area contributed by atoms with Crippen molar-refractivity contribution >= 4 is 17.8 Å². The van der Waals surface area contributed by atoms with Crippen molar-refractivity contribution in [1.82, 2.24) is 5.32 Å². The summed E-state index contributed by atoms with van der Waals surface area (Å²) in [6.45, 7) is 0. The highest BCUT2D eigenvalue weighted by Crippen LogP contribution is 2.14. The number of nitrogens with one attached hydrogen (secondary N) is 2. The van der Waals surface area contributed by atoms with Gasteiger partial charge in [0.2, 0.25) is 0 Å². The predicted octanol–water partition coefficient (Wildman–Crippen LogP) is 3.90. The molecule has 0 aromatic heterocycles. The van der Waals surface area contributed by atoms with Crippen LogP contribution in [-0.4, -0.2) is 6.03 Å². The van der Waals surface area contributed by atoms with E-state index in [-0.39, 0.29) is 5.69 Å². The summed E-state index contributed by atoms with van der Waals surface area (Å²) in [6.07, 6.45) is 2.57. The maximum absolute atomic E-state index is 13.3. The van der Waals surface area contributed by atoms with Crippen LogP contribution in [0.15, 0.2) is 48.7 Å². The highest BCUT2D eigenvalue weighted by Gasteiger charge is 2.06. The standard InChI is InChI=1S/C15H11F3N2O/c16-11-5-6-14(13(18)9-11)20-15(21)19-8-7-10-3-1-2-4-12(10)17/h1-9H,(H2,19,20,21)/b8-7+. The molecule has 2 rings (SSSR count). The lowest BCUT2D eigenvalue weighted by Crippen LogP contribution is -2.24. The second-order valence-corrected chi connectivity index (χ2v) is 4.08. The molecule has 0 aliphatic carbocycles. The van der Waals surface area contributed by atoms with Crippen LogP contribution in [0.1, 0.15) is 5.56 Å². The Morgan fingerprint density at radius 3 is 2.48 bits per heavy atom. The predicted molar refractivity (Wildman–Crippen MR) is 73.9 cm³/mol. The number of hydrogen-bond donors (Lipinski definition) is 2. The Hall–Kier alpha value is -2.76. The molecule has 0 saturated carbocycles. The van der Waals surface area contributed by atoms with Crippen LogP contribution in [0.5, 0.6) is 0 Å². The number of halogens is 3. The van der Waals surface area contributed by atoms with E-state index in [1.165, 1.54) is 24.4 Å². The lowest BCUT2D eigenvalue weighted by molar-refractivity contribution is 0.255. The van der Waals surface area contributed by atoms with Crippen LogP contribution in [0.2, 0.25) is 0 Å². The fraction of sp³-hybridized carbons (Fsp3) is 0. The van der Waals surface area contributed by atoms with Crippen molar-refractivity contribution in [3.63, 3.8) is 0 Å². The van der Waals surface area contributed by atoms with Crippen LogP contribution in [0, 0.1) is 17.5 Å². The van der Waals surface area contributed by atoms with Crippen LogP contribution >= 0.6 is 0 Å². The molecule has 2 aromatic rings. The third-order valence-electron chi connectivity index (χ3n) is 2.56. The zero-order valence-electron chi connectivity index (χ0n) is 10.7. The SMILES string of the molecule is O=C(N/C=C/c1ccccc1F)Nc1ccc(F)cc1F. The van der Waals surface area contributed by atoms with Gasteiger partial charge in [-0.15, -0.1) is 0 Å². The van der Waals surface area contributed by atoms with Crippen LogP contribution in [0.25, 0.3) is 6.08 Å². The molecule has 0 spiro atoms. The molecule has 0 radical (unpaired) electrons. The average molecular weight is 292 g/mol. The van der Waals surface area contributed by atoms with Gasteiger partial charge in [-0.05, 0) is 24.3 Å². The lowest BCUT2D eigenvalue weighted by Gasteiger charge is -2.05. The van der Waals surface area contributed by atoms with Gasteiger partial charge in [0.1, 0.15) is 17.5 Å². The number of hydrogen-bond acceptors (Lipinski definition) is 1. The second-order valence-electron chi connectivity index (χ2n) is 4.08. The van der Waals surface area contributed by atoms with Crippen LogP contribution in [0.3, 0.4) is 0 Å². The molecule has 0 heterocycles. The van der Waals surface area contributed by atoms with Crippen molar-refractivity contribution < 1.29 is 18.0 Å². The van der Waals surface area contributed by atoms with Crippen molar-refractivity contribution in [3.8, 4) is 0 Å². The number of carbonyl (C=O) groups is 1. The Morgan fingerprint density at radius 2 is 1.76 bits per heavy atom. The zero-order chi connectivity index (χ0) is 15.2. The number of carbonyl (C=O) groups excluding carboxylic acids is 1. The van der Waals surface area contributed by atoms with E-state index in [9.17, 15) is 18.0 Å². The Morgan fingerprint density at radius 1 is 1.00 bits per heavy atom. The first-order valence-corrected chi connectivity index (χ1v) is 6.00. The first-order valence-electron chi connectivity index (χ1n) is 6.00. The second kappa shape index (κ2) is 6.60. The van der Waals surface area contributed by atoms with Crippen molar-refractivity contribution in [1.29, 1.82) is 0 Å². The molecular formula is C15H11F3N2O. The minimum Gasteiger partial charge on any atom is -0.314 e. The molecule has 0 aliphatic rings. The Labute approximate surface area is 119 Å². The summed E-state index contributed by atoms with van der Waals surface area (Å²) >= 11 is 0. The fourth-order valence-electron chi connectivity index (χ4n) is 1.57. The number of amides is 2. The molecule has 2 N–H and O–H groups in total. The molecule has 0 fully saturated rings. The third-order valence-corrected chi connectivity index (χ3v) is 2.56. The van der Waals surface area contributed by atoms with Crippen LogP contribution < -0.4 is 10.6 Å². The van der Waals surface area contributed by atoms with Crippen LogP contribution in [0.4, 0.5) is 23.7 Å². The van der Waals surface area contributed by atoms with E-state index in [0.29, 0.717) is 11.6 Å². The lowest BCUT2D eigenvalue weighted by atomic mass is 10.2. The summed E-state index contributed by atoms with van der Waals surface area (Å²) in [6, 6.07) is 8.07. The van der Waals surface area contributed by atoms with E-state index in [1.54, 1.807) is 12.1 Å². The van der Waals surface area contributed by atoms with Gasteiger partial charge in [0.15, 0.2) is 0 Å². The van der Waals surface area contributed by atoms with E-state index in [0.717, 1.165) is 12.1 Å². The summed E-state index contributed by atoms with van der Waals surface area (Å²) in [4.78, 5) is 11.5. The van der Waals surface area contributed by atoms with E-state index in [2.05, 4.69) is 10.6 Å². The third kappa shape index (κ3) is 4.10. The quantitative estimate of drug-likeness (QED) is 0.885. The fourth-order valence-corrected chi connectivity index (χ4v) is 1.57. The molecule has 0 aliphatic heterocycles. The highest BCUT2D eigenvalue weighted by molar-refractivity contribution is 5.90. The molecule has 2 aromatic carbocycles. The normalized spacial score (nSPS) is 10.6. The highest BCUT2D eigenvalue weighted by atomic mass is 19.1. The smallest absolute Gasteiger partial charge is 0.314 e. The summed E-state index contributed by atoms with van der Waals surface area (Å²) in [5.41, 5.74) is 0.138. The number of anilines is 1. The van der Waals surface area contributed by atoms with Gasteiger partial charge in [0.25, 0.3) is 0 Å². The van der Waals surface area contributed by atoms with Gasteiger partial charge in [0.05, 0.1) is 5.69 Å². The molecular weight excluding hydrogens is 281 g/mol.